The number of carboxylic acid groups (broad SMARTS) is 1. The van der Waals surface area contributed by atoms with Crippen LogP contribution in [0.1, 0.15) is 43.9 Å². The molecular formula is C47H61N9O14. The standard InChI is InChI=1S/C47H61N9O14/c1-24(2)16-33(52-46(68)40(25(3)59)56-43(65)34(50-39(62)20-48)17-26-8-12-29(60)13-9-26)41(63)54-38(23-58)45(67)55-37(22-57)44(66)51-35(18-27-10-14-30(61)15-11-27)42(64)53-36(47(69)70)19-28-21-49-32-7-5-4-6-31(28)32/h4-15,21,24-25,33-38,40,49,57-61H,16-20,22-23,48H2,1-3H3,(H,50,62)(H,51,66)(H,52,68)(H,53,64)(H,54,63)(H,55,67)(H,56,65)(H,69,70)/t25-,33+,34+,35+,36+,37+,38+,40+/m1/s1. The monoisotopic (exact) mass is 975 g/mol. The normalized spacial score (nSPS) is 14.6. The molecule has 0 saturated heterocycles. The number of carboxylic acids is 1. The molecule has 70 heavy (non-hydrogen) atoms. The lowest BCUT2D eigenvalue weighted by Gasteiger charge is -2.28. The van der Waals surface area contributed by atoms with Gasteiger partial charge in [-0.1, -0.05) is 56.3 Å². The van der Waals surface area contributed by atoms with Crippen molar-refractivity contribution in [1.29, 1.82) is 0 Å². The highest BCUT2D eigenvalue weighted by Gasteiger charge is 2.35. The van der Waals surface area contributed by atoms with Crippen LogP contribution < -0.4 is 43.0 Å². The maximum Gasteiger partial charge on any atom is 0.326 e. The molecule has 0 bridgehead atoms. The van der Waals surface area contributed by atoms with Crippen molar-refractivity contribution in [2.24, 2.45) is 11.7 Å². The van der Waals surface area contributed by atoms with Crippen LogP contribution >= 0.6 is 0 Å². The molecule has 1 aromatic heterocycles. The molecule has 23 heteroatoms. The largest absolute Gasteiger partial charge is 0.508 e. The van der Waals surface area contributed by atoms with Gasteiger partial charge in [0.25, 0.3) is 0 Å². The van der Waals surface area contributed by atoms with Gasteiger partial charge in [0.2, 0.25) is 41.4 Å². The molecule has 3 aromatic carbocycles. The van der Waals surface area contributed by atoms with E-state index in [9.17, 15) is 69.0 Å². The lowest BCUT2D eigenvalue weighted by Crippen LogP contribution is -2.62. The summed E-state index contributed by atoms with van der Waals surface area (Å²) in [5.41, 5.74) is 7.70. The predicted molar refractivity (Wildman–Crippen MR) is 251 cm³/mol. The van der Waals surface area contributed by atoms with Crippen LogP contribution in [0.15, 0.2) is 79.0 Å². The third kappa shape index (κ3) is 16.3. The van der Waals surface area contributed by atoms with Gasteiger partial charge in [0, 0.05) is 36.4 Å². The zero-order chi connectivity index (χ0) is 51.7. The highest BCUT2D eigenvalue weighted by Crippen LogP contribution is 2.20. The van der Waals surface area contributed by atoms with Gasteiger partial charge in [-0.15, -0.1) is 0 Å². The number of aliphatic carboxylic acids is 1. The summed E-state index contributed by atoms with van der Waals surface area (Å²) in [7, 11) is 0. The number of hydrogen-bond acceptors (Lipinski definition) is 14. The Morgan fingerprint density at radius 2 is 1.00 bits per heavy atom. The van der Waals surface area contributed by atoms with E-state index in [0.29, 0.717) is 16.7 Å². The second-order valence-electron chi connectivity index (χ2n) is 17.0. The quantitative estimate of drug-likeness (QED) is 0.0308. The van der Waals surface area contributed by atoms with Crippen LogP contribution in [0.25, 0.3) is 10.9 Å². The van der Waals surface area contributed by atoms with E-state index in [-0.39, 0.29) is 43.1 Å². The van der Waals surface area contributed by atoms with Gasteiger partial charge in [-0.2, -0.15) is 0 Å². The second-order valence-corrected chi connectivity index (χ2v) is 17.0. The third-order valence-electron chi connectivity index (χ3n) is 11.0. The fourth-order valence-corrected chi connectivity index (χ4v) is 7.23. The van der Waals surface area contributed by atoms with E-state index >= 15 is 0 Å². The summed E-state index contributed by atoms with van der Waals surface area (Å²) in [6.07, 6.45) is -0.503. The minimum atomic E-state index is -1.80. The average Bonchev–Trinajstić information content (AvgIpc) is 3.73. The van der Waals surface area contributed by atoms with E-state index in [1.807, 2.05) is 0 Å². The van der Waals surface area contributed by atoms with Crippen molar-refractivity contribution in [3.8, 4) is 11.5 Å². The molecule has 8 atom stereocenters. The molecule has 0 aliphatic carbocycles. The van der Waals surface area contributed by atoms with Crippen molar-refractivity contribution in [3.05, 3.63) is 95.7 Å². The van der Waals surface area contributed by atoms with Crippen LogP contribution in [-0.2, 0) is 57.6 Å². The van der Waals surface area contributed by atoms with E-state index in [1.54, 1.807) is 44.3 Å². The van der Waals surface area contributed by atoms with Gasteiger partial charge < -0.3 is 78.6 Å². The Morgan fingerprint density at radius 1 is 0.557 bits per heavy atom. The minimum absolute atomic E-state index is 0.0477. The number of para-hydroxylation sites is 1. The second kappa shape index (κ2) is 26.2. The van der Waals surface area contributed by atoms with Crippen molar-refractivity contribution in [2.45, 2.75) is 94.9 Å². The van der Waals surface area contributed by atoms with E-state index in [4.69, 9.17) is 5.73 Å². The van der Waals surface area contributed by atoms with E-state index in [1.165, 1.54) is 55.5 Å². The minimum Gasteiger partial charge on any atom is -0.508 e. The fourth-order valence-electron chi connectivity index (χ4n) is 7.23. The number of rotatable bonds is 26. The van der Waals surface area contributed by atoms with Crippen LogP contribution in [0.4, 0.5) is 0 Å². The van der Waals surface area contributed by atoms with Crippen molar-refractivity contribution in [3.63, 3.8) is 0 Å². The summed E-state index contributed by atoms with van der Waals surface area (Å²) in [4.78, 5) is 110. The van der Waals surface area contributed by atoms with Crippen LogP contribution in [-0.4, -0.2) is 151 Å². The summed E-state index contributed by atoms with van der Waals surface area (Å²) >= 11 is 0. The van der Waals surface area contributed by atoms with Gasteiger partial charge in [0.1, 0.15) is 53.8 Å². The number of nitrogens with two attached hydrogens (primary N) is 1. The zero-order valence-corrected chi connectivity index (χ0v) is 38.7. The van der Waals surface area contributed by atoms with Gasteiger partial charge in [0.15, 0.2) is 0 Å². The average molecular weight is 976 g/mol. The molecule has 0 aliphatic heterocycles. The molecule has 0 unspecified atom stereocenters. The van der Waals surface area contributed by atoms with E-state index in [0.717, 1.165) is 10.9 Å². The molecule has 1 heterocycles. The topological polar surface area (TPSA) is 384 Å². The molecular weight excluding hydrogens is 915 g/mol. The van der Waals surface area contributed by atoms with Crippen molar-refractivity contribution in [2.75, 3.05) is 19.8 Å². The number of carbonyl (C=O) groups is 8. The maximum atomic E-state index is 13.8. The van der Waals surface area contributed by atoms with E-state index < -0.39 is 115 Å². The molecule has 378 valence electrons. The molecule has 0 spiro atoms. The fraction of sp³-hybridized carbons (Fsp3) is 0.404. The molecule has 0 aliphatic rings. The Balaban J connectivity index is 1.46. The van der Waals surface area contributed by atoms with Crippen molar-refractivity contribution >= 4 is 58.2 Å². The summed E-state index contributed by atoms with van der Waals surface area (Å²) < 4.78 is 0. The number of phenols is 2. The Morgan fingerprint density at radius 3 is 1.49 bits per heavy atom. The first-order chi connectivity index (χ1) is 33.2. The number of aromatic hydroxyl groups is 2. The highest BCUT2D eigenvalue weighted by molar-refractivity contribution is 5.98. The number of benzene rings is 3. The Hall–Kier alpha value is -7.60. The zero-order valence-electron chi connectivity index (χ0n) is 38.7. The number of H-pyrrole nitrogens is 1. The van der Waals surface area contributed by atoms with Gasteiger partial charge in [0.05, 0.1) is 25.9 Å². The smallest absolute Gasteiger partial charge is 0.326 e. The first kappa shape index (κ1) is 55.0. The summed E-state index contributed by atoms with van der Waals surface area (Å²) in [6, 6.07) is 7.42. The molecule has 0 fully saturated rings. The highest BCUT2D eigenvalue weighted by atomic mass is 16.4. The number of aromatic amines is 1. The first-order valence-electron chi connectivity index (χ1n) is 22.3. The molecule has 4 aromatic rings. The maximum absolute atomic E-state index is 13.8. The number of aromatic nitrogens is 1. The lowest BCUT2D eigenvalue weighted by molar-refractivity contribution is -0.142. The summed E-state index contributed by atoms with van der Waals surface area (Å²) in [6.45, 7) is 2.02. The Bertz CT molecular complexity index is 2450. The SMILES string of the molecule is CC(C)C[C@H](NC(=O)[C@@H](NC(=O)[C@H](Cc1ccc(O)cc1)NC(=O)CN)[C@@H](C)O)C(=O)N[C@@H](CO)C(=O)N[C@@H](CO)C(=O)N[C@@H](Cc1ccc(O)cc1)C(=O)N[C@@H](Cc1c[nH]c2ccccc12)C(=O)O. The number of amides is 7. The predicted octanol–water partition coefficient (Wildman–Crippen LogP) is -2.54. The van der Waals surface area contributed by atoms with Gasteiger partial charge in [-0.05, 0) is 66.3 Å². The number of fused-ring (bicyclic) bond motifs is 1. The van der Waals surface area contributed by atoms with Crippen LogP contribution in [0.3, 0.4) is 0 Å². The number of carbonyl (C=O) groups excluding carboxylic acids is 7. The molecule has 0 radical (unpaired) electrons. The summed E-state index contributed by atoms with van der Waals surface area (Å²) in [5.74, 6) is -8.72. The van der Waals surface area contributed by atoms with Crippen molar-refractivity contribution in [1.82, 2.24) is 42.2 Å². The van der Waals surface area contributed by atoms with Crippen LogP contribution in [0.5, 0.6) is 11.5 Å². The van der Waals surface area contributed by atoms with Gasteiger partial charge >= 0.3 is 5.97 Å². The number of phenolic OH excluding ortho intramolecular Hbond substituents is 2. The lowest BCUT2D eigenvalue weighted by atomic mass is 10.0. The molecule has 0 saturated carbocycles. The van der Waals surface area contributed by atoms with Gasteiger partial charge in [-0.25, -0.2) is 4.79 Å². The number of hydrogen-bond donors (Lipinski definition) is 15. The molecule has 23 nitrogen and oxygen atoms in total. The van der Waals surface area contributed by atoms with Crippen molar-refractivity contribution < 1.29 is 69.0 Å². The van der Waals surface area contributed by atoms with Crippen LogP contribution in [0.2, 0.25) is 0 Å². The number of aliphatic hydroxyl groups excluding tert-OH is 3. The first-order valence-corrected chi connectivity index (χ1v) is 22.3. The number of nitrogens with one attached hydrogen (secondary N) is 8. The van der Waals surface area contributed by atoms with Gasteiger partial charge in [-0.3, -0.25) is 33.6 Å². The number of aliphatic hydroxyl groups is 3. The third-order valence-corrected chi connectivity index (χ3v) is 11.0. The molecule has 16 N–H and O–H groups in total. The van der Waals surface area contributed by atoms with Crippen LogP contribution in [0, 0.1) is 5.92 Å². The Kier molecular flexibility index (Phi) is 20.6. The summed E-state index contributed by atoms with van der Waals surface area (Å²) in [5, 5.41) is 78.0. The molecule has 4 rings (SSSR count). The molecule has 7 amide bonds. The van der Waals surface area contributed by atoms with E-state index in [2.05, 4.69) is 42.2 Å². The Labute approximate surface area is 402 Å².